The molecule has 0 saturated carbocycles. The van der Waals surface area contributed by atoms with Crippen molar-refractivity contribution in [2.45, 2.75) is 4.90 Å². The van der Waals surface area contributed by atoms with E-state index < -0.39 is 5.97 Å². The van der Waals surface area contributed by atoms with Crippen molar-refractivity contribution < 1.29 is 18.7 Å². The highest BCUT2D eigenvalue weighted by Crippen LogP contribution is 2.39. The first-order valence-corrected chi connectivity index (χ1v) is 9.52. The number of hydrogen-bond acceptors (Lipinski definition) is 5. The molecule has 1 aliphatic heterocycles. The number of amides is 1. The second-order valence-electron chi connectivity index (χ2n) is 5.95. The summed E-state index contributed by atoms with van der Waals surface area (Å²) in [6.07, 6.45) is 1.69. The van der Waals surface area contributed by atoms with Crippen LogP contribution in [0.2, 0.25) is 5.02 Å². The maximum Gasteiger partial charge on any atom is 0.339 e. The molecule has 3 aromatic rings. The summed E-state index contributed by atoms with van der Waals surface area (Å²) in [7, 11) is 1.30. The van der Waals surface area contributed by atoms with Gasteiger partial charge in [0, 0.05) is 16.5 Å². The highest BCUT2D eigenvalue weighted by atomic mass is 35.5. The van der Waals surface area contributed by atoms with Gasteiger partial charge in [0.2, 0.25) is 0 Å². The third-order valence-electron chi connectivity index (χ3n) is 4.14. The first-order chi connectivity index (χ1) is 13.5. The number of benzene rings is 2. The Labute approximate surface area is 170 Å². The number of esters is 1. The molecule has 5 nitrogen and oxygen atoms in total. The van der Waals surface area contributed by atoms with Crippen LogP contribution in [0.15, 0.2) is 68.8 Å². The molecule has 1 amide bonds. The van der Waals surface area contributed by atoms with E-state index in [2.05, 4.69) is 5.32 Å². The van der Waals surface area contributed by atoms with Crippen LogP contribution in [0.3, 0.4) is 0 Å². The number of rotatable bonds is 3. The molecular formula is C21H14ClNO4S. The van der Waals surface area contributed by atoms with Gasteiger partial charge in [0.25, 0.3) is 5.91 Å². The lowest BCUT2D eigenvalue weighted by Gasteiger charge is -2.17. The van der Waals surface area contributed by atoms with Crippen molar-refractivity contribution >= 4 is 47.0 Å². The zero-order valence-electron chi connectivity index (χ0n) is 14.7. The quantitative estimate of drug-likeness (QED) is 0.457. The van der Waals surface area contributed by atoms with Crippen LogP contribution in [-0.4, -0.2) is 19.0 Å². The number of carbonyl (C=O) groups is 2. The Kier molecular flexibility index (Phi) is 4.98. The summed E-state index contributed by atoms with van der Waals surface area (Å²) >= 11 is 7.45. The average Bonchev–Trinajstić information content (AvgIpc) is 3.17. The molecule has 0 bridgehead atoms. The zero-order chi connectivity index (χ0) is 19.7. The lowest BCUT2D eigenvalue weighted by molar-refractivity contribution is -0.112. The maximum absolute atomic E-state index is 12.3. The van der Waals surface area contributed by atoms with Crippen molar-refractivity contribution in [2.75, 3.05) is 12.4 Å². The van der Waals surface area contributed by atoms with E-state index in [9.17, 15) is 9.59 Å². The molecule has 0 fully saturated rings. The van der Waals surface area contributed by atoms with E-state index in [0.29, 0.717) is 27.0 Å². The van der Waals surface area contributed by atoms with E-state index in [1.807, 2.05) is 24.3 Å². The summed E-state index contributed by atoms with van der Waals surface area (Å²) < 4.78 is 10.6. The standard InChI is InChI=1S/C21H14ClNO4S/c1-26-21(25)14-10-12(6-8-15(14)22)17-9-7-13(27-17)11-19-20(24)23-16-4-2-3-5-18(16)28-19/h2-11H,1H3,(H,23,24)/b19-11-. The Morgan fingerprint density at radius 1 is 1.18 bits per heavy atom. The third-order valence-corrected chi connectivity index (χ3v) is 5.56. The second-order valence-corrected chi connectivity index (χ2v) is 7.44. The minimum absolute atomic E-state index is 0.180. The van der Waals surface area contributed by atoms with Gasteiger partial charge in [0.05, 0.1) is 28.3 Å². The summed E-state index contributed by atoms with van der Waals surface area (Å²) in [5, 5.41) is 3.17. The van der Waals surface area contributed by atoms with Crippen molar-refractivity contribution in [3.63, 3.8) is 0 Å². The second kappa shape index (κ2) is 7.58. The molecule has 4 rings (SSSR count). The number of anilines is 1. The number of ether oxygens (including phenoxy) is 1. The SMILES string of the molecule is COC(=O)c1cc(-c2ccc(/C=C3\Sc4ccccc4NC3=O)o2)ccc1Cl. The molecular weight excluding hydrogens is 398 g/mol. The monoisotopic (exact) mass is 411 g/mol. The van der Waals surface area contributed by atoms with Gasteiger partial charge in [-0.25, -0.2) is 4.79 Å². The van der Waals surface area contributed by atoms with Gasteiger partial charge >= 0.3 is 5.97 Å². The van der Waals surface area contributed by atoms with Gasteiger partial charge < -0.3 is 14.5 Å². The van der Waals surface area contributed by atoms with E-state index in [1.165, 1.54) is 18.9 Å². The highest BCUT2D eigenvalue weighted by molar-refractivity contribution is 8.04. The van der Waals surface area contributed by atoms with Gasteiger partial charge in [-0.05, 0) is 42.5 Å². The number of furan rings is 1. The lowest BCUT2D eigenvalue weighted by Crippen LogP contribution is -2.16. The molecule has 2 aromatic carbocycles. The van der Waals surface area contributed by atoms with Crippen molar-refractivity contribution in [3.8, 4) is 11.3 Å². The van der Waals surface area contributed by atoms with Crippen LogP contribution in [-0.2, 0) is 9.53 Å². The Bertz CT molecular complexity index is 1120. The van der Waals surface area contributed by atoms with Crippen LogP contribution in [0.1, 0.15) is 16.1 Å². The van der Waals surface area contributed by atoms with Gasteiger partial charge in [-0.1, -0.05) is 35.5 Å². The smallest absolute Gasteiger partial charge is 0.339 e. The Morgan fingerprint density at radius 2 is 2.00 bits per heavy atom. The number of halogens is 1. The maximum atomic E-state index is 12.3. The van der Waals surface area contributed by atoms with Crippen molar-refractivity contribution in [3.05, 3.63) is 75.8 Å². The van der Waals surface area contributed by atoms with Crippen LogP contribution in [0.5, 0.6) is 0 Å². The molecule has 0 atom stereocenters. The third kappa shape index (κ3) is 3.56. The number of carbonyl (C=O) groups excluding carboxylic acids is 2. The predicted octanol–water partition coefficient (Wildman–Crippen LogP) is 5.47. The van der Waals surface area contributed by atoms with Crippen LogP contribution >= 0.6 is 23.4 Å². The average molecular weight is 412 g/mol. The lowest BCUT2D eigenvalue weighted by atomic mass is 10.1. The number of thioether (sulfide) groups is 1. The summed E-state index contributed by atoms with van der Waals surface area (Å²) in [5.74, 6) is 0.382. The zero-order valence-corrected chi connectivity index (χ0v) is 16.3. The molecule has 0 saturated heterocycles. The van der Waals surface area contributed by atoms with E-state index in [4.69, 9.17) is 20.8 Å². The molecule has 0 spiro atoms. The Balaban J connectivity index is 1.63. The van der Waals surface area contributed by atoms with Crippen LogP contribution < -0.4 is 5.32 Å². The first-order valence-electron chi connectivity index (χ1n) is 8.33. The summed E-state index contributed by atoms with van der Waals surface area (Å²) in [6.45, 7) is 0. The summed E-state index contributed by atoms with van der Waals surface area (Å²) in [6, 6.07) is 16.1. The predicted molar refractivity (Wildman–Crippen MR) is 109 cm³/mol. The fraction of sp³-hybridized carbons (Fsp3) is 0.0476. The van der Waals surface area contributed by atoms with E-state index in [1.54, 1.807) is 36.4 Å². The van der Waals surface area contributed by atoms with Crippen molar-refractivity contribution in [1.82, 2.24) is 0 Å². The minimum Gasteiger partial charge on any atom is -0.465 e. The number of methoxy groups -OCH3 is 1. The number of fused-ring (bicyclic) bond motifs is 1. The molecule has 1 aromatic heterocycles. The number of hydrogen-bond donors (Lipinski definition) is 1. The summed E-state index contributed by atoms with van der Waals surface area (Å²) in [5.41, 5.74) is 1.74. The van der Waals surface area contributed by atoms with E-state index >= 15 is 0 Å². The Morgan fingerprint density at radius 3 is 2.82 bits per heavy atom. The van der Waals surface area contributed by atoms with Crippen LogP contribution in [0.4, 0.5) is 5.69 Å². The van der Waals surface area contributed by atoms with Gasteiger partial charge in [-0.15, -0.1) is 0 Å². The molecule has 0 unspecified atom stereocenters. The Hall–Kier alpha value is -2.96. The van der Waals surface area contributed by atoms with Crippen molar-refractivity contribution in [2.24, 2.45) is 0 Å². The van der Waals surface area contributed by atoms with Gasteiger partial charge in [-0.3, -0.25) is 4.79 Å². The molecule has 7 heteroatoms. The number of para-hydroxylation sites is 1. The van der Waals surface area contributed by atoms with Gasteiger partial charge in [0.1, 0.15) is 11.5 Å². The highest BCUT2D eigenvalue weighted by Gasteiger charge is 2.21. The van der Waals surface area contributed by atoms with Crippen LogP contribution in [0.25, 0.3) is 17.4 Å². The molecule has 28 heavy (non-hydrogen) atoms. The topological polar surface area (TPSA) is 68.5 Å². The molecule has 2 heterocycles. The molecule has 140 valence electrons. The fourth-order valence-corrected chi connectivity index (χ4v) is 3.89. The largest absolute Gasteiger partial charge is 0.465 e. The molecule has 1 aliphatic rings. The molecule has 0 radical (unpaired) electrons. The van der Waals surface area contributed by atoms with Crippen molar-refractivity contribution in [1.29, 1.82) is 0 Å². The molecule has 1 N–H and O–H groups in total. The normalized spacial score (nSPS) is 14.5. The minimum atomic E-state index is -0.519. The number of nitrogens with one attached hydrogen (secondary N) is 1. The first kappa shape index (κ1) is 18.4. The van der Waals surface area contributed by atoms with E-state index in [-0.39, 0.29) is 11.5 Å². The van der Waals surface area contributed by atoms with Gasteiger partial charge in [-0.2, -0.15) is 0 Å². The van der Waals surface area contributed by atoms with Crippen LogP contribution in [0, 0.1) is 0 Å². The fourth-order valence-electron chi connectivity index (χ4n) is 2.76. The summed E-state index contributed by atoms with van der Waals surface area (Å²) in [4.78, 5) is 25.7. The van der Waals surface area contributed by atoms with E-state index in [0.717, 1.165) is 10.6 Å². The van der Waals surface area contributed by atoms with Gasteiger partial charge in [0.15, 0.2) is 0 Å². The molecule has 0 aliphatic carbocycles.